The van der Waals surface area contributed by atoms with Crippen LogP contribution in [0.5, 0.6) is 0 Å². The van der Waals surface area contributed by atoms with Crippen LogP contribution in [0, 0.1) is 6.92 Å². The zero-order valence-corrected chi connectivity index (χ0v) is 12.3. The Morgan fingerprint density at radius 2 is 1.95 bits per heavy atom. The van der Waals surface area contributed by atoms with Gasteiger partial charge in [-0.05, 0) is 67.5 Å². The van der Waals surface area contributed by atoms with Gasteiger partial charge in [0.2, 0.25) is 0 Å². The fourth-order valence-corrected chi connectivity index (χ4v) is 2.98. The van der Waals surface area contributed by atoms with Gasteiger partial charge < -0.3 is 11.1 Å². The van der Waals surface area contributed by atoms with Gasteiger partial charge in [-0.3, -0.25) is 4.79 Å². The van der Waals surface area contributed by atoms with Gasteiger partial charge in [-0.2, -0.15) is 0 Å². The third-order valence-corrected chi connectivity index (χ3v) is 4.10. The lowest BCUT2D eigenvalue weighted by Crippen LogP contribution is -2.16. The van der Waals surface area contributed by atoms with E-state index >= 15 is 0 Å². The molecule has 1 amide bonds. The average molecular weight is 280 g/mol. The summed E-state index contributed by atoms with van der Waals surface area (Å²) < 4.78 is 0. The molecule has 3 heteroatoms. The second-order valence-corrected chi connectivity index (χ2v) is 5.70. The van der Waals surface area contributed by atoms with Crippen molar-refractivity contribution in [3.63, 3.8) is 0 Å². The molecule has 0 atom stereocenters. The average Bonchev–Trinajstić information content (AvgIpc) is 2.47. The Morgan fingerprint density at radius 1 is 1.14 bits per heavy atom. The number of nitrogens with two attached hydrogens (primary N) is 1. The molecule has 2 aromatic rings. The molecule has 0 heterocycles. The first-order valence-corrected chi connectivity index (χ1v) is 7.43. The zero-order chi connectivity index (χ0) is 14.8. The quantitative estimate of drug-likeness (QED) is 0.824. The minimum absolute atomic E-state index is 0.133. The first-order chi connectivity index (χ1) is 10.1. The molecule has 108 valence electrons. The largest absolute Gasteiger partial charge is 0.398 e. The molecule has 0 aliphatic heterocycles. The highest BCUT2D eigenvalue weighted by atomic mass is 16.1. The van der Waals surface area contributed by atoms with Crippen LogP contribution in [0.2, 0.25) is 0 Å². The Bertz CT molecular complexity index is 692. The van der Waals surface area contributed by atoms with Crippen molar-refractivity contribution in [2.24, 2.45) is 0 Å². The molecule has 21 heavy (non-hydrogen) atoms. The third kappa shape index (κ3) is 2.77. The Kier molecular flexibility index (Phi) is 3.65. The van der Waals surface area contributed by atoms with Crippen LogP contribution < -0.4 is 11.1 Å². The number of hydrogen-bond donors (Lipinski definition) is 2. The van der Waals surface area contributed by atoms with Gasteiger partial charge in [0.1, 0.15) is 0 Å². The van der Waals surface area contributed by atoms with Crippen molar-refractivity contribution < 1.29 is 4.79 Å². The predicted octanol–water partition coefficient (Wildman–Crippen LogP) is 3.71. The van der Waals surface area contributed by atoms with Crippen molar-refractivity contribution in [3.05, 3.63) is 58.7 Å². The number of aryl methyl sites for hydroxylation is 2. The number of nitrogens with one attached hydrogen (secondary N) is 1. The maximum atomic E-state index is 12.4. The van der Waals surface area contributed by atoms with E-state index in [-0.39, 0.29) is 5.91 Å². The number of hydrogen-bond acceptors (Lipinski definition) is 2. The van der Waals surface area contributed by atoms with Crippen LogP contribution in [-0.4, -0.2) is 5.91 Å². The summed E-state index contributed by atoms with van der Waals surface area (Å²) in [6.07, 6.45) is 4.56. The second-order valence-electron chi connectivity index (χ2n) is 5.70. The van der Waals surface area contributed by atoms with Crippen LogP contribution in [0.3, 0.4) is 0 Å². The summed E-state index contributed by atoms with van der Waals surface area (Å²) in [7, 11) is 0. The molecule has 3 nitrogen and oxygen atoms in total. The van der Waals surface area contributed by atoms with Crippen LogP contribution in [0.15, 0.2) is 36.4 Å². The molecule has 2 aromatic carbocycles. The minimum Gasteiger partial charge on any atom is -0.398 e. The molecular weight excluding hydrogens is 260 g/mol. The van der Waals surface area contributed by atoms with Gasteiger partial charge in [-0.1, -0.05) is 18.2 Å². The Morgan fingerprint density at radius 3 is 2.76 bits per heavy atom. The van der Waals surface area contributed by atoms with E-state index in [1.165, 1.54) is 24.0 Å². The van der Waals surface area contributed by atoms with E-state index < -0.39 is 0 Å². The number of amides is 1. The van der Waals surface area contributed by atoms with Gasteiger partial charge in [0.05, 0.1) is 5.56 Å². The highest BCUT2D eigenvalue weighted by Gasteiger charge is 2.16. The smallest absolute Gasteiger partial charge is 0.257 e. The molecule has 0 radical (unpaired) electrons. The maximum Gasteiger partial charge on any atom is 0.257 e. The van der Waals surface area contributed by atoms with Gasteiger partial charge in [-0.15, -0.1) is 0 Å². The van der Waals surface area contributed by atoms with Crippen molar-refractivity contribution in [2.45, 2.75) is 32.6 Å². The number of rotatable bonds is 2. The summed E-state index contributed by atoms with van der Waals surface area (Å²) in [6.45, 7) is 1.96. The standard InChI is InChI=1S/C18H20N2O/c1-12-9-10-15(16(19)11-12)18(21)20-17-8-4-6-13-5-2-3-7-14(13)17/h4,6,8-11H,2-3,5,7,19H2,1H3,(H,20,21). The molecule has 1 aliphatic rings. The lowest BCUT2D eigenvalue weighted by Gasteiger charge is -2.19. The van der Waals surface area contributed by atoms with Crippen LogP contribution in [-0.2, 0) is 12.8 Å². The number of carbonyl (C=O) groups excluding carboxylic acids is 1. The zero-order valence-electron chi connectivity index (χ0n) is 12.3. The first-order valence-electron chi connectivity index (χ1n) is 7.43. The summed E-state index contributed by atoms with van der Waals surface area (Å²) in [5.41, 5.74) is 11.6. The van der Waals surface area contributed by atoms with E-state index in [0.29, 0.717) is 11.3 Å². The number of carbonyl (C=O) groups is 1. The Balaban J connectivity index is 1.88. The fourth-order valence-electron chi connectivity index (χ4n) is 2.98. The lowest BCUT2D eigenvalue weighted by molar-refractivity contribution is 0.102. The molecular formula is C18H20N2O. The van der Waals surface area contributed by atoms with Gasteiger partial charge in [-0.25, -0.2) is 0 Å². The summed E-state index contributed by atoms with van der Waals surface area (Å²) in [5.74, 6) is -0.133. The van der Waals surface area contributed by atoms with Gasteiger partial charge in [0.15, 0.2) is 0 Å². The molecule has 3 rings (SSSR count). The van der Waals surface area contributed by atoms with E-state index in [2.05, 4.69) is 11.4 Å². The molecule has 1 aliphatic carbocycles. The highest BCUT2D eigenvalue weighted by Crippen LogP contribution is 2.28. The van der Waals surface area contributed by atoms with Crippen molar-refractivity contribution >= 4 is 17.3 Å². The molecule has 0 spiro atoms. The predicted molar refractivity (Wildman–Crippen MR) is 86.6 cm³/mol. The molecule has 0 fully saturated rings. The van der Waals surface area contributed by atoms with Gasteiger partial charge >= 0.3 is 0 Å². The summed E-state index contributed by atoms with van der Waals surface area (Å²) in [4.78, 5) is 12.4. The first kappa shape index (κ1) is 13.7. The number of anilines is 2. The van der Waals surface area contributed by atoms with Crippen molar-refractivity contribution in [2.75, 3.05) is 11.1 Å². The molecule has 0 bridgehead atoms. The summed E-state index contributed by atoms with van der Waals surface area (Å²) >= 11 is 0. The van der Waals surface area contributed by atoms with E-state index in [1.54, 1.807) is 6.07 Å². The molecule has 0 unspecified atom stereocenters. The van der Waals surface area contributed by atoms with Gasteiger partial charge in [0, 0.05) is 11.4 Å². The van der Waals surface area contributed by atoms with Crippen molar-refractivity contribution in [3.8, 4) is 0 Å². The third-order valence-electron chi connectivity index (χ3n) is 4.10. The minimum atomic E-state index is -0.133. The van der Waals surface area contributed by atoms with Crippen molar-refractivity contribution in [1.82, 2.24) is 0 Å². The van der Waals surface area contributed by atoms with E-state index in [4.69, 9.17) is 5.73 Å². The fraction of sp³-hybridized carbons (Fsp3) is 0.278. The summed E-state index contributed by atoms with van der Waals surface area (Å²) in [6, 6.07) is 11.7. The Hall–Kier alpha value is -2.29. The maximum absolute atomic E-state index is 12.4. The Labute approximate surface area is 125 Å². The van der Waals surface area contributed by atoms with Crippen LogP contribution in [0.4, 0.5) is 11.4 Å². The van der Waals surface area contributed by atoms with Crippen LogP contribution in [0.1, 0.15) is 39.9 Å². The number of nitrogen functional groups attached to an aromatic ring is 1. The topological polar surface area (TPSA) is 55.1 Å². The van der Waals surface area contributed by atoms with E-state index in [1.807, 2.05) is 31.2 Å². The van der Waals surface area contributed by atoms with Crippen LogP contribution in [0.25, 0.3) is 0 Å². The van der Waals surface area contributed by atoms with Crippen molar-refractivity contribution in [1.29, 1.82) is 0 Å². The highest BCUT2D eigenvalue weighted by molar-refractivity contribution is 6.08. The monoisotopic (exact) mass is 280 g/mol. The SMILES string of the molecule is Cc1ccc(C(=O)Nc2cccc3c2CCCC3)c(N)c1. The lowest BCUT2D eigenvalue weighted by atomic mass is 9.90. The van der Waals surface area contributed by atoms with Gasteiger partial charge in [0.25, 0.3) is 5.91 Å². The normalized spacial score (nSPS) is 13.6. The summed E-state index contributed by atoms with van der Waals surface area (Å²) in [5, 5.41) is 3.03. The molecule has 0 saturated heterocycles. The number of fused-ring (bicyclic) bond motifs is 1. The van der Waals surface area contributed by atoms with E-state index in [0.717, 1.165) is 24.1 Å². The van der Waals surface area contributed by atoms with Crippen LogP contribution >= 0.6 is 0 Å². The molecule has 0 aromatic heterocycles. The second kappa shape index (κ2) is 5.60. The molecule has 0 saturated carbocycles. The molecule has 3 N–H and O–H groups in total. The number of benzene rings is 2. The van der Waals surface area contributed by atoms with E-state index in [9.17, 15) is 4.79 Å².